The van der Waals surface area contributed by atoms with Crippen LogP contribution >= 0.6 is 0 Å². The Balaban J connectivity index is 2.28. The van der Waals surface area contributed by atoms with Crippen molar-refractivity contribution in [2.24, 2.45) is 0 Å². The number of ether oxygens (including phenoxy) is 2. The first-order chi connectivity index (χ1) is 5.64. The standard InChI is InChI=1S/C9H18O3/c1-3-9(2,10)12-8-5-4-6-11-7-8/h8,10H,3-7H2,1-2H3. The Bertz CT molecular complexity index is 128. The molecule has 12 heavy (non-hydrogen) atoms. The van der Waals surface area contributed by atoms with Crippen LogP contribution < -0.4 is 0 Å². The van der Waals surface area contributed by atoms with Crippen molar-refractivity contribution < 1.29 is 14.6 Å². The zero-order valence-electron chi connectivity index (χ0n) is 7.88. The first-order valence-corrected chi connectivity index (χ1v) is 4.62. The van der Waals surface area contributed by atoms with Gasteiger partial charge in [0, 0.05) is 6.61 Å². The van der Waals surface area contributed by atoms with E-state index >= 15 is 0 Å². The Morgan fingerprint density at radius 3 is 2.92 bits per heavy atom. The zero-order chi connectivity index (χ0) is 9.03. The molecule has 0 aliphatic carbocycles. The third-order valence-electron chi connectivity index (χ3n) is 2.20. The van der Waals surface area contributed by atoms with E-state index in [4.69, 9.17) is 9.47 Å². The highest BCUT2D eigenvalue weighted by Crippen LogP contribution is 2.18. The molecule has 1 rings (SSSR count). The maximum atomic E-state index is 9.60. The summed E-state index contributed by atoms with van der Waals surface area (Å²) in [6.07, 6.45) is 2.72. The smallest absolute Gasteiger partial charge is 0.162 e. The molecule has 0 aromatic rings. The SMILES string of the molecule is CCC(C)(O)OC1CCCOC1. The van der Waals surface area contributed by atoms with Gasteiger partial charge in [-0.05, 0) is 26.2 Å². The van der Waals surface area contributed by atoms with Crippen LogP contribution in [0.2, 0.25) is 0 Å². The highest BCUT2D eigenvalue weighted by Gasteiger charge is 2.25. The summed E-state index contributed by atoms with van der Waals surface area (Å²) >= 11 is 0. The van der Waals surface area contributed by atoms with Gasteiger partial charge in [0.15, 0.2) is 5.79 Å². The summed E-state index contributed by atoms with van der Waals surface area (Å²) in [7, 11) is 0. The van der Waals surface area contributed by atoms with Crippen molar-refractivity contribution >= 4 is 0 Å². The van der Waals surface area contributed by atoms with Gasteiger partial charge < -0.3 is 14.6 Å². The largest absolute Gasteiger partial charge is 0.379 e. The van der Waals surface area contributed by atoms with E-state index < -0.39 is 5.79 Å². The molecule has 1 N–H and O–H groups in total. The van der Waals surface area contributed by atoms with Gasteiger partial charge in [-0.25, -0.2) is 0 Å². The van der Waals surface area contributed by atoms with Crippen molar-refractivity contribution in [3.8, 4) is 0 Å². The average Bonchev–Trinajstić information content (AvgIpc) is 2.06. The molecule has 1 saturated heterocycles. The van der Waals surface area contributed by atoms with E-state index in [1.165, 1.54) is 0 Å². The van der Waals surface area contributed by atoms with Gasteiger partial charge in [0.1, 0.15) is 0 Å². The second-order valence-electron chi connectivity index (χ2n) is 3.49. The van der Waals surface area contributed by atoms with Crippen molar-refractivity contribution in [3.05, 3.63) is 0 Å². The zero-order valence-corrected chi connectivity index (χ0v) is 7.88. The molecular formula is C9H18O3. The minimum Gasteiger partial charge on any atom is -0.379 e. The molecule has 0 radical (unpaired) electrons. The molecule has 3 heteroatoms. The minimum atomic E-state index is -0.981. The number of rotatable bonds is 3. The molecule has 0 aromatic heterocycles. The molecule has 0 saturated carbocycles. The molecule has 1 aliphatic heterocycles. The van der Waals surface area contributed by atoms with Gasteiger partial charge >= 0.3 is 0 Å². The van der Waals surface area contributed by atoms with E-state index in [9.17, 15) is 5.11 Å². The predicted molar refractivity (Wildman–Crippen MR) is 45.8 cm³/mol. The van der Waals surface area contributed by atoms with Crippen LogP contribution in [0.1, 0.15) is 33.1 Å². The van der Waals surface area contributed by atoms with Gasteiger partial charge in [0.25, 0.3) is 0 Å². The Morgan fingerprint density at radius 1 is 1.67 bits per heavy atom. The third-order valence-corrected chi connectivity index (χ3v) is 2.20. The number of hydrogen-bond acceptors (Lipinski definition) is 3. The van der Waals surface area contributed by atoms with Gasteiger partial charge in [-0.1, -0.05) is 6.92 Å². The predicted octanol–water partition coefficient (Wildman–Crippen LogP) is 1.30. The molecule has 1 heterocycles. The van der Waals surface area contributed by atoms with E-state index in [0.29, 0.717) is 13.0 Å². The summed E-state index contributed by atoms with van der Waals surface area (Å²) in [5.41, 5.74) is 0. The molecule has 0 amide bonds. The summed E-state index contributed by atoms with van der Waals surface area (Å²) in [6.45, 7) is 5.05. The van der Waals surface area contributed by atoms with Crippen LogP contribution in [-0.4, -0.2) is 30.2 Å². The van der Waals surface area contributed by atoms with Crippen LogP contribution in [0.3, 0.4) is 0 Å². The summed E-state index contributed by atoms with van der Waals surface area (Å²) in [4.78, 5) is 0. The van der Waals surface area contributed by atoms with E-state index in [1.807, 2.05) is 6.92 Å². The molecule has 0 bridgehead atoms. The Kier molecular flexibility index (Phi) is 3.50. The summed E-state index contributed by atoms with van der Waals surface area (Å²) in [5, 5.41) is 9.60. The monoisotopic (exact) mass is 174 g/mol. The Hall–Kier alpha value is -0.120. The topological polar surface area (TPSA) is 38.7 Å². The molecule has 3 nitrogen and oxygen atoms in total. The fraction of sp³-hybridized carbons (Fsp3) is 1.00. The average molecular weight is 174 g/mol. The molecule has 0 aromatic carbocycles. The normalized spacial score (nSPS) is 29.8. The molecule has 1 fully saturated rings. The van der Waals surface area contributed by atoms with Crippen molar-refractivity contribution in [2.45, 2.75) is 45.0 Å². The second-order valence-corrected chi connectivity index (χ2v) is 3.49. The lowest BCUT2D eigenvalue weighted by atomic mass is 10.1. The first kappa shape index (κ1) is 9.96. The van der Waals surface area contributed by atoms with E-state index in [1.54, 1.807) is 6.92 Å². The van der Waals surface area contributed by atoms with Gasteiger partial charge in [-0.15, -0.1) is 0 Å². The molecule has 0 spiro atoms. The maximum Gasteiger partial charge on any atom is 0.162 e. The van der Waals surface area contributed by atoms with Crippen LogP contribution in [0.25, 0.3) is 0 Å². The number of hydrogen-bond donors (Lipinski definition) is 1. The first-order valence-electron chi connectivity index (χ1n) is 4.62. The lowest BCUT2D eigenvalue weighted by molar-refractivity contribution is -0.235. The fourth-order valence-electron chi connectivity index (χ4n) is 1.25. The molecule has 2 atom stereocenters. The van der Waals surface area contributed by atoms with Gasteiger partial charge in [-0.3, -0.25) is 0 Å². The van der Waals surface area contributed by atoms with Crippen LogP contribution in [0.4, 0.5) is 0 Å². The molecule has 2 unspecified atom stereocenters. The quantitative estimate of drug-likeness (QED) is 0.655. The Labute approximate surface area is 73.7 Å². The lowest BCUT2D eigenvalue weighted by Gasteiger charge is -2.30. The van der Waals surface area contributed by atoms with Crippen molar-refractivity contribution in [1.29, 1.82) is 0 Å². The second kappa shape index (κ2) is 4.21. The Morgan fingerprint density at radius 2 is 2.42 bits per heavy atom. The van der Waals surface area contributed by atoms with Gasteiger partial charge in [0.05, 0.1) is 12.7 Å². The van der Waals surface area contributed by atoms with Gasteiger partial charge in [0.2, 0.25) is 0 Å². The minimum absolute atomic E-state index is 0.0775. The molecule has 72 valence electrons. The summed E-state index contributed by atoms with van der Waals surface area (Å²) in [6, 6.07) is 0. The fourth-order valence-corrected chi connectivity index (χ4v) is 1.25. The van der Waals surface area contributed by atoms with E-state index in [-0.39, 0.29) is 6.10 Å². The molecular weight excluding hydrogens is 156 g/mol. The van der Waals surface area contributed by atoms with Crippen LogP contribution in [-0.2, 0) is 9.47 Å². The van der Waals surface area contributed by atoms with Crippen LogP contribution in [0, 0.1) is 0 Å². The maximum absolute atomic E-state index is 9.60. The van der Waals surface area contributed by atoms with E-state index in [0.717, 1.165) is 19.4 Å². The summed E-state index contributed by atoms with van der Waals surface area (Å²) < 4.78 is 10.7. The lowest BCUT2D eigenvalue weighted by Crippen LogP contribution is -2.37. The van der Waals surface area contributed by atoms with Crippen molar-refractivity contribution in [1.82, 2.24) is 0 Å². The van der Waals surface area contributed by atoms with Gasteiger partial charge in [-0.2, -0.15) is 0 Å². The third kappa shape index (κ3) is 3.09. The molecule has 1 aliphatic rings. The van der Waals surface area contributed by atoms with Crippen LogP contribution in [0.5, 0.6) is 0 Å². The highest BCUT2D eigenvalue weighted by molar-refractivity contribution is 4.66. The van der Waals surface area contributed by atoms with Crippen molar-refractivity contribution in [2.75, 3.05) is 13.2 Å². The highest BCUT2D eigenvalue weighted by atomic mass is 16.6. The van der Waals surface area contributed by atoms with E-state index in [2.05, 4.69) is 0 Å². The van der Waals surface area contributed by atoms with Crippen LogP contribution in [0.15, 0.2) is 0 Å². The van der Waals surface area contributed by atoms with Crippen molar-refractivity contribution in [3.63, 3.8) is 0 Å². The number of aliphatic hydroxyl groups is 1. The summed E-state index contributed by atoms with van der Waals surface area (Å²) in [5.74, 6) is -0.981.